The predicted octanol–water partition coefficient (Wildman–Crippen LogP) is -0.243. The van der Waals surface area contributed by atoms with Gasteiger partial charge in [-0.15, -0.1) is 0 Å². The molecule has 2 aromatic heterocycles. The van der Waals surface area contributed by atoms with Gasteiger partial charge in [-0.2, -0.15) is 5.10 Å². The third-order valence-corrected chi connectivity index (χ3v) is 5.42. The van der Waals surface area contributed by atoms with Crippen molar-refractivity contribution >= 4 is 17.5 Å². The molecule has 2 aromatic rings. The van der Waals surface area contributed by atoms with Crippen molar-refractivity contribution in [2.45, 2.75) is 18.2 Å². The van der Waals surface area contributed by atoms with Crippen LogP contribution in [0, 0.1) is 11.8 Å². The molecule has 1 N–H and O–H groups in total. The molecule has 0 aromatic carbocycles. The molecule has 2 fully saturated rings. The summed E-state index contributed by atoms with van der Waals surface area (Å²) >= 11 is 0. The van der Waals surface area contributed by atoms with Crippen LogP contribution in [0.2, 0.25) is 0 Å². The molecular formula is C17H17N5O3. The largest absolute Gasteiger partial charge is 0.360 e. The van der Waals surface area contributed by atoms with Crippen molar-refractivity contribution in [2.75, 3.05) is 13.6 Å². The lowest BCUT2D eigenvalue weighted by Crippen LogP contribution is -2.43. The lowest BCUT2D eigenvalue weighted by Gasteiger charge is -2.23. The van der Waals surface area contributed by atoms with Crippen LogP contribution >= 0.6 is 0 Å². The summed E-state index contributed by atoms with van der Waals surface area (Å²) in [4.78, 5) is 31.1. The van der Waals surface area contributed by atoms with Crippen molar-refractivity contribution in [1.82, 2.24) is 24.8 Å². The second kappa shape index (κ2) is 4.89. The van der Waals surface area contributed by atoms with E-state index >= 15 is 0 Å². The van der Waals surface area contributed by atoms with Gasteiger partial charge in [0.05, 0.1) is 36.7 Å². The number of nitrogens with one attached hydrogen (secondary N) is 1. The molecule has 2 bridgehead atoms. The maximum atomic E-state index is 12.8. The third-order valence-electron chi connectivity index (χ3n) is 5.42. The van der Waals surface area contributed by atoms with E-state index in [4.69, 9.17) is 4.74 Å². The summed E-state index contributed by atoms with van der Waals surface area (Å²) in [5.74, 6) is -1.11. The quantitative estimate of drug-likeness (QED) is 0.780. The maximum absolute atomic E-state index is 12.8. The predicted molar refractivity (Wildman–Crippen MR) is 86.2 cm³/mol. The number of likely N-dealkylation sites (tertiary alicyclic amines) is 1. The molecule has 1 spiro atoms. The number of amides is 2. The lowest BCUT2D eigenvalue weighted by molar-refractivity contribution is -0.136. The van der Waals surface area contributed by atoms with Gasteiger partial charge in [0.15, 0.2) is 5.65 Å². The number of nitrogens with zero attached hydrogens (tertiary/aromatic N) is 4. The Morgan fingerprint density at radius 2 is 2.36 bits per heavy atom. The van der Waals surface area contributed by atoms with Gasteiger partial charge in [-0.3, -0.25) is 9.59 Å². The number of hydrogen-bond donors (Lipinski definition) is 1. The maximum Gasteiger partial charge on any atom is 0.229 e. The smallest absolute Gasteiger partial charge is 0.229 e. The van der Waals surface area contributed by atoms with Crippen LogP contribution in [0.25, 0.3) is 5.65 Å². The highest BCUT2D eigenvalue weighted by Crippen LogP contribution is 2.51. The molecule has 25 heavy (non-hydrogen) atoms. The Hall–Kier alpha value is -2.74. The van der Waals surface area contributed by atoms with Gasteiger partial charge in [0.25, 0.3) is 0 Å². The SMILES string of the molecule is CN1C[C@]23C=C[C@H](O2)[C@H](C(=O)NCc2cccc4ncnn24)[C@@H]3C1=O. The lowest BCUT2D eigenvalue weighted by atomic mass is 9.77. The average molecular weight is 339 g/mol. The van der Waals surface area contributed by atoms with Gasteiger partial charge >= 0.3 is 0 Å². The fourth-order valence-corrected chi connectivity index (χ4v) is 4.32. The second-order valence-electron chi connectivity index (χ2n) is 6.86. The van der Waals surface area contributed by atoms with Crippen LogP contribution in [0.15, 0.2) is 36.7 Å². The van der Waals surface area contributed by atoms with Gasteiger partial charge in [0, 0.05) is 7.05 Å². The fourth-order valence-electron chi connectivity index (χ4n) is 4.32. The number of aromatic nitrogens is 3. The van der Waals surface area contributed by atoms with Gasteiger partial charge in [0.1, 0.15) is 11.9 Å². The summed E-state index contributed by atoms with van der Waals surface area (Å²) in [6.45, 7) is 0.821. The van der Waals surface area contributed by atoms with Crippen molar-refractivity contribution in [3.05, 3.63) is 42.4 Å². The summed E-state index contributed by atoms with van der Waals surface area (Å²) in [5.41, 5.74) is 0.918. The Balaban J connectivity index is 1.38. The van der Waals surface area contributed by atoms with Crippen LogP contribution in [-0.4, -0.2) is 56.6 Å². The minimum absolute atomic E-state index is 0.0228. The number of ether oxygens (including phenoxy) is 1. The Bertz CT molecular complexity index is 922. The van der Waals surface area contributed by atoms with E-state index in [0.717, 1.165) is 11.3 Å². The minimum Gasteiger partial charge on any atom is -0.360 e. The highest BCUT2D eigenvalue weighted by Gasteiger charge is 2.66. The molecule has 3 aliphatic rings. The summed E-state index contributed by atoms with van der Waals surface area (Å²) in [7, 11) is 1.75. The van der Waals surface area contributed by atoms with Gasteiger partial charge < -0.3 is 15.0 Å². The standard InChI is InChI=1S/C17H17N5O3/c1-21-8-17-6-5-11(25-17)13(14(17)16(21)24)15(23)18-7-10-3-2-4-12-19-9-20-22(10)12/h2-6,9,11,13-14H,7-8H2,1H3,(H,18,23)/t11-,13-,14+,17-/m0/s1. The third kappa shape index (κ3) is 1.91. The van der Waals surface area contributed by atoms with Gasteiger partial charge in [0.2, 0.25) is 11.8 Å². The normalized spacial score (nSPS) is 32.6. The molecule has 8 nitrogen and oxygen atoms in total. The summed E-state index contributed by atoms with van der Waals surface area (Å²) in [6.07, 6.45) is 5.01. The van der Waals surface area contributed by atoms with Crippen molar-refractivity contribution in [2.24, 2.45) is 11.8 Å². The van der Waals surface area contributed by atoms with Gasteiger partial charge in [-0.25, -0.2) is 9.50 Å². The van der Waals surface area contributed by atoms with Crippen LogP contribution < -0.4 is 5.32 Å². The van der Waals surface area contributed by atoms with Crippen LogP contribution in [-0.2, 0) is 20.9 Å². The number of hydrogen-bond acceptors (Lipinski definition) is 5. The van der Waals surface area contributed by atoms with E-state index in [0.29, 0.717) is 13.1 Å². The Labute approximate surface area is 143 Å². The zero-order chi connectivity index (χ0) is 17.2. The second-order valence-corrected chi connectivity index (χ2v) is 6.86. The summed E-state index contributed by atoms with van der Waals surface area (Å²) in [5, 5.41) is 7.10. The molecule has 5 heterocycles. The van der Waals surface area contributed by atoms with Crippen molar-refractivity contribution in [1.29, 1.82) is 0 Å². The molecule has 0 unspecified atom stereocenters. The highest BCUT2D eigenvalue weighted by atomic mass is 16.5. The van der Waals surface area contributed by atoms with E-state index in [9.17, 15) is 9.59 Å². The van der Waals surface area contributed by atoms with Crippen molar-refractivity contribution < 1.29 is 14.3 Å². The van der Waals surface area contributed by atoms with Gasteiger partial charge in [-0.05, 0) is 12.1 Å². The molecule has 0 aliphatic carbocycles. The van der Waals surface area contributed by atoms with Crippen LogP contribution in [0.5, 0.6) is 0 Å². The van der Waals surface area contributed by atoms with Crippen molar-refractivity contribution in [3.63, 3.8) is 0 Å². The van der Waals surface area contributed by atoms with E-state index in [1.165, 1.54) is 6.33 Å². The molecule has 0 radical (unpaired) electrons. The first-order valence-corrected chi connectivity index (χ1v) is 8.27. The van der Waals surface area contributed by atoms with Crippen LogP contribution in [0.4, 0.5) is 0 Å². The molecule has 5 rings (SSSR count). The molecule has 2 amide bonds. The van der Waals surface area contributed by atoms with Crippen molar-refractivity contribution in [3.8, 4) is 0 Å². The highest BCUT2D eigenvalue weighted by molar-refractivity contribution is 5.92. The molecule has 2 saturated heterocycles. The minimum atomic E-state index is -0.635. The van der Waals surface area contributed by atoms with Gasteiger partial charge in [-0.1, -0.05) is 18.2 Å². The number of carbonyl (C=O) groups excluding carboxylic acids is 2. The van der Waals surface area contributed by atoms with Crippen LogP contribution in [0.3, 0.4) is 0 Å². The van der Waals surface area contributed by atoms with E-state index < -0.39 is 17.4 Å². The molecule has 4 atom stereocenters. The molecule has 0 saturated carbocycles. The van der Waals surface area contributed by atoms with E-state index in [1.54, 1.807) is 16.5 Å². The topological polar surface area (TPSA) is 88.8 Å². The Kier molecular flexibility index (Phi) is 2.85. The summed E-state index contributed by atoms with van der Waals surface area (Å²) < 4.78 is 7.69. The number of fused-ring (bicyclic) bond motifs is 2. The first kappa shape index (κ1) is 14.6. The molecular weight excluding hydrogens is 322 g/mol. The first-order chi connectivity index (χ1) is 12.1. The molecule has 128 valence electrons. The number of likely N-dealkylation sites (N-methyl/N-ethyl adjacent to an activating group) is 1. The molecule has 8 heteroatoms. The van der Waals surface area contributed by atoms with Crippen LogP contribution in [0.1, 0.15) is 5.69 Å². The zero-order valence-electron chi connectivity index (χ0n) is 13.6. The molecule has 3 aliphatic heterocycles. The Morgan fingerprint density at radius 3 is 3.24 bits per heavy atom. The number of carbonyl (C=O) groups is 2. The van der Waals surface area contributed by atoms with E-state index in [-0.39, 0.29) is 17.9 Å². The zero-order valence-corrected chi connectivity index (χ0v) is 13.6. The average Bonchev–Trinajstić information content (AvgIpc) is 3.34. The number of pyridine rings is 1. The van der Waals surface area contributed by atoms with E-state index in [2.05, 4.69) is 15.4 Å². The monoisotopic (exact) mass is 339 g/mol. The first-order valence-electron chi connectivity index (χ1n) is 8.27. The summed E-state index contributed by atoms with van der Waals surface area (Å²) in [6, 6.07) is 5.61. The fraction of sp³-hybridized carbons (Fsp3) is 0.412. The number of rotatable bonds is 3. The Morgan fingerprint density at radius 1 is 1.48 bits per heavy atom. The van der Waals surface area contributed by atoms with E-state index in [1.807, 2.05) is 30.4 Å².